The van der Waals surface area contributed by atoms with Crippen molar-refractivity contribution in [3.05, 3.63) is 88.5 Å². The summed E-state index contributed by atoms with van der Waals surface area (Å²) in [5.74, 6) is 0.929. The fraction of sp³-hybridized carbons (Fsp3) is 0.160. The third-order valence-corrected chi connectivity index (χ3v) is 5.06. The van der Waals surface area contributed by atoms with Crippen LogP contribution in [-0.4, -0.2) is 24.6 Å². The monoisotopic (exact) mass is 430 g/mol. The highest BCUT2D eigenvalue weighted by atomic mass is 16.5. The predicted octanol–water partition coefficient (Wildman–Crippen LogP) is 3.87. The van der Waals surface area contributed by atoms with Gasteiger partial charge in [0, 0.05) is 23.2 Å². The van der Waals surface area contributed by atoms with Crippen molar-refractivity contribution < 1.29 is 18.7 Å². The van der Waals surface area contributed by atoms with Gasteiger partial charge in [-0.1, -0.05) is 18.2 Å². The number of carbonyl (C=O) groups excluding carboxylic acids is 1. The number of aromatic nitrogens is 1. The van der Waals surface area contributed by atoms with Crippen LogP contribution < -0.4 is 20.4 Å². The Labute approximate surface area is 184 Å². The Balaban J connectivity index is 1.54. The van der Waals surface area contributed by atoms with E-state index in [-0.39, 0.29) is 12.5 Å². The van der Waals surface area contributed by atoms with E-state index in [1.807, 2.05) is 48.5 Å². The number of aryl methyl sites for hydroxylation is 1. The van der Waals surface area contributed by atoms with E-state index >= 15 is 0 Å². The number of nitrogens with one attached hydrogen (secondary N) is 1. The van der Waals surface area contributed by atoms with Crippen molar-refractivity contribution in [3.63, 3.8) is 0 Å². The molecule has 4 rings (SSSR count). The summed E-state index contributed by atoms with van der Waals surface area (Å²) >= 11 is 0. The van der Waals surface area contributed by atoms with E-state index in [4.69, 9.17) is 13.9 Å². The van der Waals surface area contributed by atoms with Gasteiger partial charge in [0.15, 0.2) is 6.61 Å². The van der Waals surface area contributed by atoms with Gasteiger partial charge in [0.2, 0.25) is 0 Å². The summed E-state index contributed by atoms with van der Waals surface area (Å²) in [5.41, 5.74) is 2.99. The van der Waals surface area contributed by atoms with Crippen molar-refractivity contribution in [2.24, 2.45) is 0 Å². The Morgan fingerprint density at radius 1 is 1.09 bits per heavy atom. The van der Waals surface area contributed by atoms with Gasteiger partial charge in [0.05, 0.1) is 19.3 Å². The van der Waals surface area contributed by atoms with Gasteiger partial charge in [-0.25, -0.2) is 4.79 Å². The molecule has 0 aliphatic rings. The van der Waals surface area contributed by atoms with Crippen LogP contribution >= 0.6 is 0 Å². The Hall–Kier alpha value is -4.13. The van der Waals surface area contributed by atoms with Crippen molar-refractivity contribution in [3.8, 4) is 22.6 Å². The molecule has 0 bridgehead atoms. The first kappa shape index (κ1) is 21.1. The summed E-state index contributed by atoms with van der Waals surface area (Å²) in [6.45, 7) is 1.95. The van der Waals surface area contributed by atoms with Gasteiger partial charge in [0.1, 0.15) is 17.1 Å². The van der Waals surface area contributed by atoms with Crippen LogP contribution in [0.25, 0.3) is 22.1 Å². The number of methoxy groups -OCH3 is 1. The number of hydrogen-bond acceptors (Lipinski definition) is 6. The van der Waals surface area contributed by atoms with Crippen LogP contribution in [0.15, 0.2) is 76.1 Å². The van der Waals surface area contributed by atoms with Crippen molar-refractivity contribution in [2.45, 2.75) is 13.5 Å². The van der Waals surface area contributed by atoms with Crippen LogP contribution in [0.3, 0.4) is 0 Å². The summed E-state index contributed by atoms with van der Waals surface area (Å²) in [6, 6.07) is 18.0. The number of benzene rings is 2. The Morgan fingerprint density at radius 2 is 1.91 bits per heavy atom. The van der Waals surface area contributed by atoms with Gasteiger partial charge in [-0.05, 0) is 54.4 Å². The number of pyridine rings is 1. The molecule has 0 aliphatic heterocycles. The van der Waals surface area contributed by atoms with Crippen molar-refractivity contribution in [2.75, 3.05) is 13.7 Å². The second-order valence-corrected chi connectivity index (χ2v) is 7.16. The minimum atomic E-state index is -0.461. The molecule has 0 unspecified atom stereocenters. The third-order valence-electron chi connectivity index (χ3n) is 5.06. The van der Waals surface area contributed by atoms with Crippen LogP contribution in [0.1, 0.15) is 11.3 Å². The smallest absolute Gasteiger partial charge is 0.336 e. The summed E-state index contributed by atoms with van der Waals surface area (Å²) in [7, 11) is 1.60. The van der Waals surface area contributed by atoms with E-state index < -0.39 is 5.63 Å². The number of carbonyl (C=O) groups is 1. The Kier molecular flexibility index (Phi) is 6.17. The molecule has 1 amide bonds. The molecule has 0 spiro atoms. The largest absolute Gasteiger partial charge is 0.497 e. The number of nitrogens with zero attached hydrogens (tertiary/aromatic N) is 1. The SMILES string of the molecule is COc1ccc(-c2cc(=O)oc3c(C)c(OCC(=O)NCc4ccccn4)ccc23)cc1. The second kappa shape index (κ2) is 9.34. The van der Waals surface area contributed by atoms with Crippen molar-refractivity contribution in [1.82, 2.24) is 10.3 Å². The van der Waals surface area contributed by atoms with E-state index in [1.54, 1.807) is 26.3 Å². The number of fused-ring (bicyclic) bond motifs is 1. The second-order valence-electron chi connectivity index (χ2n) is 7.16. The van der Waals surface area contributed by atoms with Gasteiger partial charge >= 0.3 is 5.63 Å². The molecule has 4 aromatic rings. The maximum Gasteiger partial charge on any atom is 0.336 e. The summed E-state index contributed by atoms with van der Waals surface area (Å²) in [4.78, 5) is 28.6. The molecule has 2 aromatic carbocycles. The molecule has 0 aliphatic carbocycles. The van der Waals surface area contributed by atoms with Gasteiger partial charge in [0.25, 0.3) is 5.91 Å². The first-order valence-corrected chi connectivity index (χ1v) is 10.1. The standard InChI is InChI=1S/C25H22N2O5/c1-16-22(31-15-23(28)27-14-18-5-3-4-12-26-18)11-10-20-21(13-24(29)32-25(16)20)17-6-8-19(30-2)9-7-17/h3-13H,14-15H2,1-2H3,(H,27,28). The average molecular weight is 430 g/mol. The fourth-order valence-electron chi connectivity index (χ4n) is 3.39. The van der Waals surface area contributed by atoms with Crippen LogP contribution in [0.2, 0.25) is 0 Å². The zero-order chi connectivity index (χ0) is 22.5. The van der Waals surface area contributed by atoms with Crippen LogP contribution in [0.4, 0.5) is 0 Å². The van der Waals surface area contributed by atoms with Crippen molar-refractivity contribution in [1.29, 1.82) is 0 Å². The maximum absolute atomic E-state index is 12.2. The Bertz CT molecular complexity index is 1300. The molecule has 2 heterocycles. The molecular weight excluding hydrogens is 408 g/mol. The van der Waals surface area contributed by atoms with E-state index in [9.17, 15) is 9.59 Å². The van der Waals surface area contributed by atoms with Crippen molar-refractivity contribution >= 4 is 16.9 Å². The zero-order valence-corrected chi connectivity index (χ0v) is 17.8. The maximum atomic E-state index is 12.2. The molecule has 2 aromatic heterocycles. The summed E-state index contributed by atoms with van der Waals surface area (Å²) in [6.07, 6.45) is 1.67. The minimum absolute atomic E-state index is 0.165. The molecule has 7 nitrogen and oxygen atoms in total. The lowest BCUT2D eigenvalue weighted by molar-refractivity contribution is -0.123. The van der Waals surface area contributed by atoms with E-state index in [0.29, 0.717) is 23.4 Å². The van der Waals surface area contributed by atoms with Gasteiger partial charge in [-0.3, -0.25) is 9.78 Å². The molecule has 0 fully saturated rings. The molecule has 7 heteroatoms. The minimum Gasteiger partial charge on any atom is -0.497 e. The summed E-state index contributed by atoms with van der Waals surface area (Å²) < 4.78 is 16.4. The van der Waals surface area contributed by atoms with Crippen LogP contribution in [0, 0.1) is 6.92 Å². The number of ether oxygens (including phenoxy) is 2. The number of hydrogen-bond donors (Lipinski definition) is 1. The highest BCUT2D eigenvalue weighted by molar-refractivity contribution is 5.95. The topological polar surface area (TPSA) is 90.7 Å². The van der Waals surface area contributed by atoms with Gasteiger partial charge < -0.3 is 19.2 Å². The molecule has 0 atom stereocenters. The lowest BCUT2D eigenvalue weighted by Crippen LogP contribution is -2.28. The predicted molar refractivity (Wildman–Crippen MR) is 121 cm³/mol. The molecule has 0 saturated heterocycles. The van der Waals surface area contributed by atoms with Gasteiger partial charge in [-0.15, -0.1) is 0 Å². The fourth-order valence-corrected chi connectivity index (χ4v) is 3.39. The number of amides is 1. The first-order chi connectivity index (χ1) is 15.5. The van der Waals surface area contributed by atoms with E-state index in [1.165, 1.54) is 6.07 Å². The molecule has 0 radical (unpaired) electrons. The molecule has 162 valence electrons. The highest BCUT2D eigenvalue weighted by Gasteiger charge is 2.14. The lowest BCUT2D eigenvalue weighted by atomic mass is 10.00. The lowest BCUT2D eigenvalue weighted by Gasteiger charge is -2.13. The number of rotatable bonds is 7. The van der Waals surface area contributed by atoms with Crippen LogP contribution in [0.5, 0.6) is 11.5 Å². The quantitative estimate of drug-likeness (QED) is 0.448. The highest BCUT2D eigenvalue weighted by Crippen LogP contribution is 2.33. The van der Waals surface area contributed by atoms with Gasteiger partial charge in [-0.2, -0.15) is 0 Å². The van der Waals surface area contributed by atoms with E-state index in [0.717, 1.165) is 28.0 Å². The zero-order valence-electron chi connectivity index (χ0n) is 17.8. The van der Waals surface area contributed by atoms with Crippen LogP contribution in [-0.2, 0) is 11.3 Å². The Morgan fingerprint density at radius 3 is 2.62 bits per heavy atom. The molecule has 32 heavy (non-hydrogen) atoms. The average Bonchev–Trinajstić information content (AvgIpc) is 2.83. The molecule has 1 N–H and O–H groups in total. The first-order valence-electron chi connectivity index (χ1n) is 10.1. The normalized spacial score (nSPS) is 10.7. The molecule has 0 saturated carbocycles. The summed E-state index contributed by atoms with van der Waals surface area (Å²) in [5, 5.41) is 3.54. The molecular formula is C25H22N2O5. The third kappa shape index (κ3) is 4.62. The van der Waals surface area contributed by atoms with E-state index in [2.05, 4.69) is 10.3 Å².